The molecule has 0 saturated heterocycles. The second-order valence-electron chi connectivity index (χ2n) is 4.58. The monoisotopic (exact) mass is 283 g/mol. The maximum Gasteiger partial charge on any atom is 0.120 e. The summed E-state index contributed by atoms with van der Waals surface area (Å²) in [6.07, 6.45) is 0. The molecule has 0 amide bonds. The molecular weight excluding hydrogens is 266 g/mol. The fourth-order valence-electron chi connectivity index (χ4n) is 1.78. The number of rotatable bonds is 5. The molecule has 0 fully saturated rings. The van der Waals surface area contributed by atoms with Gasteiger partial charge in [0.05, 0.1) is 18.2 Å². The van der Waals surface area contributed by atoms with E-state index in [1.165, 1.54) is 16.0 Å². The van der Waals surface area contributed by atoms with Gasteiger partial charge in [-0.05, 0) is 55.3 Å². The lowest BCUT2D eigenvalue weighted by Crippen LogP contribution is -2.00. The van der Waals surface area contributed by atoms with E-state index in [0.717, 1.165) is 11.5 Å². The summed E-state index contributed by atoms with van der Waals surface area (Å²) in [6.45, 7) is 4.88. The molecule has 3 heteroatoms. The highest BCUT2D eigenvalue weighted by Gasteiger charge is 1.99. The van der Waals surface area contributed by atoms with Crippen molar-refractivity contribution in [3.05, 3.63) is 59.2 Å². The predicted molar refractivity (Wildman–Crippen MR) is 83.3 cm³/mol. The lowest BCUT2D eigenvalue weighted by atomic mass is 10.1. The molecule has 0 aliphatic heterocycles. The highest BCUT2D eigenvalue weighted by molar-refractivity contribution is 7.99. The van der Waals surface area contributed by atoms with Crippen LogP contribution in [-0.2, 0) is 0 Å². The van der Waals surface area contributed by atoms with Crippen LogP contribution in [0.1, 0.15) is 16.7 Å². The topological polar surface area (TPSA) is 33.0 Å². The molecule has 20 heavy (non-hydrogen) atoms. The van der Waals surface area contributed by atoms with Gasteiger partial charge in [0, 0.05) is 10.6 Å². The summed E-state index contributed by atoms with van der Waals surface area (Å²) in [5.41, 5.74) is 3.26. The van der Waals surface area contributed by atoms with E-state index in [4.69, 9.17) is 10.00 Å². The van der Waals surface area contributed by atoms with Gasteiger partial charge in [0.25, 0.3) is 0 Å². The molecule has 0 heterocycles. The van der Waals surface area contributed by atoms with Gasteiger partial charge in [0.1, 0.15) is 5.75 Å². The number of thioether (sulfide) groups is 1. The first-order valence-electron chi connectivity index (χ1n) is 6.52. The average Bonchev–Trinajstić information content (AvgIpc) is 2.47. The van der Waals surface area contributed by atoms with Crippen LogP contribution in [0.4, 0.5) is 0 Å². The minimum Gasteiger partial charge on any atom is -0.493 e. The summed E-state index contributed by atoms with van der Waals surface area (Å²) in [5.74, 6) is 1.64. The van der Waals surface area contributed by atoms with Gasteiger partial charge in [-0.2, -0.15) is 5.26 Å². The Morgan fingerprint density at radius 2 is 1.95 bits per heavy atom. The maximum atomic E-state index is 8.82. The number of hydrogen-bond acceptors (Lipinski definition) is 3. The number of hydrogen-bond donors (Lipinski definition) is 0. The van der Waals surface area contributed by atoms with Gasteiger partial charge < -0.3 is 4.74 Å². The molecule has 0 spiro atoms. The zero-order chi connectivity index (χ0) is 14.4. The van der Waals surface area contributed by atoms with Crippen molar-refractivity contribution in [1.82, 2.24) is 0 Å². The number of nitriles is 1. The van der Waals surface area contributed by atoms with E-state index >= 15 is 0 Å². The second kappa shape index (κ2) is 7.02. The van der Waals surface area contributed by atoms with Crippen molar-refractivity contribution in [1.29, 1.82) is 5.26 Å². The molecule has 2 nitrogen and oxygen atoms in total. The van der Waals surface area contributed by atoms with Crippen LogP contribution in [0.15, 0.2) is 47.4 Å². The van der Waals surface area contributed by atoms with E-state index in [1.807, 2.05) is 12.1 Å². The zero-order valence-corrected chi connectivity index (χ0v) is 12.5. The third-order valence-electron chi connectivity index (χ3n) is 3.06. The van der Waals surface area contributed by atoms with E-state index in [1.54, 1.807) is 23.9 Å². The summed E-state index contributed by atoms with van der Waals surface area (Å²) in [7, 11) is 0. The van der Waals surface area contributed by atoms with Crippen LogP contribution in [0, 0.1) is 25.2 Å². The molecule has 2 aromatic rings. The summed E-state index contributed by atoms with van der Waals surface area (Å²) in [6, 6.07) is 15.9. The van der Waals surface area contributed by atoms with Crippen LogP contribution in [0.25, 0.3) is 0 Å². The van der Waals surface area contributed by atoms with E-state index in [9.17, 15) is 0 Å². The van der Waals surface area contributed by atoms with E-state index < -0.39 is 0 Å². The number of ether oxygens (including phenoxy) is 1. The summed E-state index contributed by atoms with van der Waals surface area (Å²) < 4.78 is 5.65. The standard InChI is InChI=1S/C17H17NOS/c1-13-6-7-17(10-14(13)2)20-9-8-19-16-5-3-4-15(11-16)12-18/h3-7,10-11H,8-9H2,1-2H3. The van der Waals surface area contributed by atoms with Crippen molar-refractivity contribution in [2.24, 2.45) is 0 Å². The quantitative estimate of drug-likeness (QED) is 0.604. The molecule has 102 valence electrons. The van der Waals surface area contributed by atoms with E-state index in [-0.39, 0.29) is 0 Å². The Morgan fingerprint density at radius 1 is 1.10 bits per heavy atom. The second-order valence-corrected chi connectivity index (χ2v) is 5.75. The van der Waals surface area contributed by atoms with Crippen molar-refractivity contribution in [3.8, 4) is 11.8 Å². The molecule has 0 N–H and O–H groups in total. The van der Waals surface area contributed by atoms with Crippen LogP contribution in [-0.4, -0.2) is 12.4 Å². The molecule has 2 aromatic carbocycles. The smallest absolute Gasteiger partial charge is 0.120 e. The fourth-order valence-corrected chi connectivity index (χ4v) is 2.60. The van der Waals surface area contributed by atoms with Crippen LogP contribution in [0.5, 0.6) is 5.75 Å². The van der Waals surface area contributed by atoms with Crippen LogP contribution < -0.4 is 4.74 Å². The summed E-state index contributed by atoms with van der Waals surface area (Å²) in [5, 5.41) is 8.82. The largest absolute Gasteiger partial charge is 0.493 e. The summed E-state index contributed by atoms with van der Waals surface area (Å²) >= 11 is 1.78. The summed E-state index contributed by atoms with van der Waals surface area (Å²) in [4.78, 5) is 1.27. The maximum absolute atomic E-state index is 8.82. The minimum atomic E-state index is 0.629. The first-order valence-corrected chi connectivity index (χ1v) is 7.50. The lowest BCUT2D eigenvalue weighted by Gasteiger charge is -2.07. The van der Waals surface area contributed by atoms with E-state index in [0.29, 0.717) is 12.2 Å². The van der Waals surface area contributed by atoms with Crippen molar-refractivity contribution in [2.75, 3.05) is 12.4 Å². The van der Waals surface area contributed by atoms with Gasteiger partial charge in [-0.3, -0.25) is 0 Å². The molecule has 0 aromatic heterocycles. The number of aryl methyl sites for hydroxylation is 2. The van der Waals surface area contributed by atoms with Crippen LogP contribution >= 0.6 is 11.8 Å². The Kier molecular flexibility index (Phi) is 5.09. The number of nitrogens with zero attached hydrogens (tertiary/aromatic N) is 1. The lowest BCUT2D eigenvalue weighted by molar-refractivity contribution is 0.344. The molecule has 0 radical (unpaired) electrons. The molecule has 0 saturated carbocycles. The fraction of sp³-hybridized carbons (Fsp3) is 0.235. The molecule has 0 bridgehead atoms. The van der Waals surface area contributed by atoms with Gasteiger partial charge in [0.15, 0.2) is 0 Å². The Hall–Kier alpha value is -1.92. The Morgan fingerprint density at radius 3 is 2.70 bits per heavy atom. The minimum absolute atomic E-state index is 0.629. The highest BCUT2D eigenvalue weighted by atomic mass is 32.2. The SMILES string of the molecule is Cc1ccc(SCCOc2cccc(C#N)c2)cc1C. The van der Waals surface area contributed by atoms with Crippen LogP contribution in [0.3, 0.4) is 0 Å². The van der Waals surface area contributed by atoms with Gasteiger partial charge >= 0.3 is 0 Å². The molecular formula is C17H17NOS. The first-order chi connectivity index (χ1) is 9.69. The van der Waals surface area contributed by atoms with Gasteiger partial charge in [-0.1, -0.05) is 12.1 Å². The Labute approximate surface area is 124 Å². The van der Waals surface area contributed by atoms with Crippen molar-refractivity contribution < 1.29 is 4.74 Å². The molecule has 0 aliphatic carbocycles. The van der Waals surface area contributed by atoms with E-state index in [2.05, 4.69) is 38.1 Å². The molecule has 0 aliphatic rings. The van der Waals surface area contributed by atoms with Gasteiger partial charge in [0.2, 0.25) is 0 Å². The van der Waals surface area contributed by atoms with Gasteiger partial charge in [-0.25, -0.2) is 0 Å². The highest BCUT2D eigenvalue weighted by Crippen LogP contribution is 2.21. The number of benzene rings is 2. The normalized spacial score (nSPS) is 10.1. The third-order valence-corrected chi connectivity index (χ3v) is 4.02. The predicted octanol–water partition coefficient (Wildman–Crippen LogP) is 4.35. The Bertz CT molecular complexity index is 631. The first kappa shape index (κ1) is 14.5. The molecule has 0 unspecified atom stereocenters. The van der Waals surface area contributed by atoms with Crippen molar-refractivity contribution in [2.45, 2.75) is 18.7 Å². The third kappa shape index (κ3) is 4.04. The molecule has 0 atom stereocenters. The van der Waals surface area contributed by atoms with Crippen molar-refractivity contribution >= 4 is 11.8 Å². The molecule has 2 rings (SSSR count). The van der Waals surface area contributed by atoms with Gasteiger partial charge in [-0.15, -0.1) is 11.8 Å². The van der Waals surface area contributed by atoms with Crippen LogP contribution in [0.2, 0.25) is 0 Å². The zero-order valence-electron chi connectivity index (χ0n) is 11.7. The Balaban J connectivity index is 1.81. The van der Waals surface area contributed by atoms with Crippen molar-refractivity contribution in [3.63, 3.8) is 0 Å². The average molecular weight is 283 g/mol.